The van der Waals surface area contributed by atoms with Crippen LogP contribution in [0.5, 0.6) is 0 Å². The van der Waals surface area contributed by atoms with Crippen LogP contribution in [0.4, 0.5) is 0 Å². The van der Waals surface area contributed by atoms with Crippen LogP contribution < -0.4 is 11.2 Å². The van der Waals surface area contributed by atoms with E-state index in [2.05, 4.69) is 11.6 Å². The fourth-order valence-electron chi connectivity index (χ4n) is 5.12. The third-order valence-electron chi connectivity index (χ3n) is 6.99. The number of aromatic nitrogens is 2. The Bertz CT molecular complexity index is 1710. The molecule has 2 unspecified atom stereocenters. The molecule has 0 radical (unpaired) electrons. The van der Waals surface area contributed by atoms with Gasteiger partial charge in [0.2, 0.25) is 0 Å². The Morgan fingerprint density at radius 1 is 1.00 bits per heavy atom. The topological polar surface area (TPSA) is 117 Å². The van der Waals surface area contributed by atoms with Gasteiger partial charge in [-0.15, -0.1) is 0 Å². The number of hydrogen-bond acceptors (Lipinski definition) is 7. The molecule has 1 N–H and O–H groups in total. The molecular weight excluding hydrogens is 544 g/mol. The average molecular weight is 575 g/mol. The zero-order chi connectivity index (χ0) is 29.0. The Morgan fingerprint density at radius 3 is 2.24 bits per heavy atom. The second-order valence-electron chi connectivity index (χ2n) is 9.73. The molecule has 1 fully saturated rings. The quantitative estimate of drug-likeness (QED) is 0.227. The van der Waals surface area contributed by atoms with Gasteiger partial charge in [0, 0.05) is 19.2 Å². The Morgan fingerprint density at radius 2 is 1.63 bits per heavy atom. The van der Waals surface area contributed by atoms with Crippen LogP contribution in [0.3, 0.4) is 0 Å². The normalized spacial score (nSPS) is 17.4. The van der Waals surface area contributed by atoms with Crippen molar-refractivity contribution in [1.29, 1.82) is 0 Å². The third kappa shape index (κ3) is 6.01. The standard InChI is InChI=1S/C31H30N2O7S/c1-3-22-20-33(30(35)32-29(22)34)26-16-10-15-25(19-26)31(23-11-6-4-7-12-23,24-13-8-5-9-14-24)39-21-28-27(17-18-38-28)40-41(2,36)37/h3-16,19-20,27-28H,1,17-18,21H2,2H3,(H,32,34,35). The number of nitrogens with one attached hydrogen (secondary N) is 1. The van der Waals surface area contributed by atoms with Crippen LogP contribution in [0.25, 0.3) is 11.8 Å². The molecule has 0 amide bonds. The van der Waals surface area contributed by atoms with Gasteiger partial charge in [0.15, 0.2) is 0 Å². The maximum Gasteiger partial charge on any atom is 0.332 e. The summed E-state index contributed by atoms with van der Waals surface area (Å²) in [5, 5.41) is 0. The zero-order valence-corrected chi connectivity index (χ0v) is 23.3. The predicted octanol–water partition coefficient (Wildman–Crippen LogP) is 3.61. The molecule has 0 saturated carbocycles. The van der Waals surface area contributed by atoms with Crippen molar-refractivity contribution in [3.05, 3.63) is 141 Å². The van der Waals surface area contributed by atoms with Crippen LogP contribution >= 0.6 is 0 Å². The first-order valence-electron chi connectivity index (χ1n) is 13.1. The summed E-state index contributed by atoms with van der Waals surface area (Å²) in [5.74, 6) is 0. The van der Waals surface area contributed by atoms with Crippen molar-refractivity contribution in [1.82, 2.24) is 9.55 Å². The highest BCUT2D eigenvalue weighted by Crippen LogP contribution is 2.41. The number of hydrogen-bond donors (Lipinski definition) is 1. The number of aromatic amines is 1. The summed E-state index contributed by atoms with van der Waals surface area (Å²) in [7, 11) is -3.70. The molecule has 10 heteroatoms. The third-order valence-corrected chi connectivity index (χ3v) is 7.59. The van der Waals surface area contributed by atoms with E-state index in [0.717, 1.165) is 17.4 Å². The second kappa shape index (κ2) is 11.8. The summed E-state index contributed by atoms with van der Waals surface area (Å²) in [6.45, 7) is 4.03. The van der Waals surface area contributed by atoms with Crippen molar-refractivity contribution < 1.29 is 22.1 Å². The van der Waals surface area contributed by atoms with Gasteiger partial charge in [-0.05, 0) is 28.8 Å². The Labute approximate surface area is 237 Å². The first-order chi connectivity index (χ1) is 19.7. The first kappa shape index (κ1) is 28.4. The lowest BCUT2D eigenvalue weighted by Crippen LogP contribution is -2.39. The van der Waals surface area contributed by atoms with Crippen molar-refractivity contribution in [3.8, 4) is 5.69 Å². The van der Waals surface area contributed by atoms with Crippen LogP contribution in [0.15, 0.2) is 107 Å². The first-order valence-corrected chi connectivity index (χ1v) is 14.9. The van der Waals surface area contributed by atoms with Gasteiger partial charge < -0.3 is 9.47 Å². The summed E-state index contributed by atoms with van der Waals surface area (Å²) in [4.78, 5) is 27.3. The molecule has 2 atom stereocenters. The molecule has 1 aliphatic heterocycles. The molecule has 0 bridgehead atoms. The molecule has 212 valence electrons. The SMILES string of the molecule is C=Cc1cn(-c2cccc(C(OCC3OCCC3OS(C)(=O)=O)(c3ccccc3)c3ccccc3)c2)c(=O)[nH]c1=O. The van der Waals surface area contributed by atoms with Crippen molar-refractivity contribution in [2.24, 2.45) is 0 Å². The van der Waals surface area contributed by atoms with Gasteiger partial charge in [0.25, 0.3) is 15.7 Å². The Balaban J connectivity index is 1.67. The van der Waals surface area contributed by atoms with Crippen molar-refractivity contribution >= 4 is 16.2 Å². The molecule has 4 aromatic rings. The van der Waals surface area contributed by atoms with E-state index in [0.29, 0.717) is 24.3 Å². The molecular formula is C31H30N2O7S. The summed E-state index contributed by atoms with van der Waals surface area (Å²) in [5.41, 5.74) is 0.762. The summed E-state index contributed by atoms with van der Waals surface area (Å²) < 4.78 is 43.1. The van der Waals surface area contributed by atoms with Gasteiger partial charge in [0.05, 0.1) is 24.1 Å². The molecule has 41 heavy (non-hydrogen) atoms. The molecule has 1 saturated heterocycles. The maximum absolute atomic E-state index is 12.8. The number of benzene rings is 3. The largest absolute Gasteiger partial charge is 0.373 e. The molecule has 2 heterocycles. The highest BCUT2D eigenvalue weighted by molar-refractivity contribution is 7.86. The van der Waals surface area contributed by atoms with E-state index in [1.165, 1.54) is 16.8 Å². The smallest absolute Gasteiger partial charge is 0.332 e. The molecule has 1 aromatic heterocycles. The van der Waals surface area contributed by atoms with Crippen molar-refractivity contribution in [3.63, 3.8) is 0 Å². The van der Waals surface area contributed by atoms with E-state index in [1.54, 1.807) is 12.1 Å². The van der Waals surface area contributed by atoms with E-state index in [9.17, 15) is 18.0 Å². The minimum Gasteiger partial charge on any atom is -0.373 e. The predicted molar refractivity (Wildman–Crippen MR) is 156 cm³/mol. The van der Waals surface area contributed by atoms with E-state index >= 15 is 0 Å². The summed E-state index contributed by atoms with van der Waals surface area (Å²) in [6.07, 6.45) is 2.95. The molecule has 1 aliphatic rings. The highest BCUT2D eigenvalue weighted by atomic mass is 32.2. The van der Waals surface area contributed by atoms with E-state index < -0.39 is 39.2 Å². The lowest BCUT2D eigenvalue weighted by Gasteiger charge is -2.37. The van der Waals surface area contributed by atoms with E-state index in [1.807, 2.05) is 72.8 Å². The molecule has 9 nitrogen and oxygen atoms in total. The van der Waals surface area contributed by atoms with E-state index in [-0.39, 0.29) is 12.2 Å². The second-order valence-corrected chi connectivity index (χ2v) is 11.3. The summed E-state index contributed by atoms with van der Waals surface area (Å²) in [6, 6.07) is 26.5. The van der Waals surface area contributed by atoms with Gasteiger partial charge in [0.1, 0.15) is 17.8 Å². The number of ether oxygens (including phenoxy) is 2. The Kier molecular flexibility index (Phi) is 8.18. The maximum atomic E-state index is 12.8. The van der Waals surface area contributed by atoms with Crippen LogP contribution in [0, 0.1) is 0 Å². The van der Waals surface area contributed by atoms with Crippen LogP contribution in [0.2, 0.25) is 0 Å². The van der Waals surface area contributed by atoms with E-state index in [4.69, 9.17) is 13.7 Å². The van der Waals surface area contributed by atoms with Crippen molar-refractivity contribution in [2.75, 3.05) is 19.5 Å². The van der Waals surface area contributed by atoms with Crippen LogP contribution in [-0.4, -0.2) is 49.6 Å². The molecule has 0 aliphatic carbocycles. The fourth-order valence-corrected chi connectivity index (χ4v) is 5.79. The van der Waals surface area contributed by atoms with Crippen LogP contribution in [0.1, 0.15) is 28.7 Å². The van der Waals surface area contributed by atoms with Gasteiger partial charge >= 0.3 is 5.69 Å². The fraction of sp³-hybridized carbons (Fsp3) is 0.226. The lowest BCUT2D eigenvalue weighted by atomic mass is 9.79. The molecule has 0 spiro atoms. The average Bonchev–Trinajstić information content (AvgIpc) is 3.40. The van der Waals surface area contributed by atoms with Gasteiger partial charge in [-0.2, -0.15) is 8.42 Å². The lowest BCUT2D eigenvalue weighted by molar-refractivity contribution is -0.0649. The Hall–Kier alpha value is -4.09. The molecule has 5 rings (SSSR count). The minimum absolute atomic E-state index is 0.0213. The van der Waals surface area contributed by atoms with Gasteiger partial charge in [-0.1, -0.05) is 85.5 Å². The van der Waals surface area contributed by atoms with Gasteiger partial charge in [-0.3, -0.25) is 18.5 Å². The number of H-pyrrole nitrogens is 1. The zero-order valence-electron chi connectivity index (χ0n) is 22.4. The van der Waals surface area contributed by atoms with Gasteiger partial charge in [-0.25, -0.2) is 4.79 Å². The highest BCUT2D eigenvalue weighted by Gasteiger charge is 2.41. The minimum atomic E-state index is -3.70. The number of rotatable bonds is 10. The van der Waals surface area contributed by atoms with Crippen molar-refractivity contribution in [2.45, 2.75) is 24.2 Å². The van der Waals surface area contributed by atoms with Crippen LogP contribution in [-0.2, 0) is 29.4 Å². The molecule has 3 aromatic carbocycles. The number of nitrogens with zero attached hydrogens (tertiary/aromatic N) is 1. The summed E-state index contributed by atoms with van der Waals surface area (Å²) >= 11 is 0. The monoisotopic (exact) mass is 574 g/mol.